The van der Waals surface area contributed by atoms with Crippen LogP contribution in [0.1, 0.15) is 355 Å². The summed E-state index contributed by atoms with van der Waals surface area (Å²) in [5.74, 6) is -0.904. The minimum absolute atomic E-state index is 0.0881. The maximum Gasteiger partial charge on any atom is 0.306 e. The number of unbranched alkanes of at least 4 members (excludes halogenated alkanes) is 38. The molecule has 0 aliphatic carbocycles. The molecule has 1 unspecified atom stereocenters. The molecule has 0 aliphatic rings. The zero-order valence-electron chi connectivity index (χ0n) is 54.9. The van der Waals surface area contributed by atoms with Gasteiger partial charge < -0.3 is 14.2 Å². The third-order valence-electron chi connectivity index (χ3n) is 15.6. The molecule has 0 saturated carbocycles. The van der Waals surface area contributed by atoms with Gasteiger partial charge in [0.15, 0.2) is 6.10 Å². The summed E-state index contributed by atoms with van der Waals surface area (Å²) in [5, 5.41) is 0. The van der Waals surface area contributed by atoms with Gasteiger partial charge in [-0.25, -0.2) is 0 Å². The van der Waals surface area contributed by atoms with E-state index in [4.69, 9.17) is 14.2 Å². The fourth-order valence-corrected chi connectivity index (χ4v) is 10.2. The molecule has 83 heavy (non-hydrogen) atoms. The Morgan fingerprint density at radius 3 is 0.759 bits per heavy atom. The molecule has 0 radical (unpaired) electrons. The van der Waals surface area contributed by atoms with Crippen LogP contribution in [0.5, 0.6) is 0 Å². The molecule has 6 heteroatoms. The number of allylic oxidation sites excluding steroid dienone is 16. The van der Waals surface area contributed by atoms with E-state index in [1.807, 2.05) is 0 Å². The highest BCUT2D eigenvalue weighted by atomic mass is 16.6. The van der Waals surface area contributed by atoms with Crippen LogP contribution >= 0.6 is 0 Å². The van der Waals surface area contributed by atoms with E-state index in [1.54, 1.807) is 0 Å². The van der Waals surface area contributed by atoms with Crippen LogP contribution in [-0.2, 0) is 28.6 Å². The summed E-state index contributed by atoms with van der Waals surface area (Å²) in [4.78, 5) is 38.5. The first-order chi connectivity index (χ1) is 41.0. The Morgan fingerprint density at radius 1 is 0.253 bits per heavy atom. The molecule has 0 spiro atoms. The lowest BCUT2D eigenvalue weighted by molar-refractivity contribution is -0.167. The maximum absolute atomic E-state index is 13.0. The number of esters is 3. The van der Waals surface area contributed by atoms with E-state index in [9.17, 15) is 14.4 Å². The maximum atomic E-state index is 13.0. The lowest BCUT2D eigenvalue weighted by Crippen LogP contribution is -2.30. The number of hydrogen-bond acceptors (Lipinski definition) is 6. The van der Waals surface area contributed by atoms with Crippen LogP contribution in [0, 0.1) is 0 Å². The van der Waals surface area contributed by atoms with Crippen molar-refractivity contribution in [3.63, 3.8) is 0 Å². The number of ether oxygens (including phenoxy) is 3. The highest BCUT2D eigenvalue weighted by molar-refractivity contribution is 5.71. The Hall–Kier alpha value is -3.67. The van der Waals surface area contributed by atoms with Crippen molar-refractivity contribution in [1.82, 2.24) is 0 Å². The molecule has 0 N–H and O–H groups in total. The van der Waals surface area contributed by atoms with Gasteiger partial charge in [0.2, 0.25) is 0 Å². The molecule has 478 valence electrons. The Labute approximate surface area is 515 Å². The van der Waals surface area contributed by atoms with Gasteiger partial charge in [0.25, 0.3) is 0 Å². The van der Waals surface area contributed by atoms with Crippen molar-refractivity contribution < 1.29 is 28.6 Å². The van der Waals surface area contributed by atoms with Crippen molar-refractivity contribution in [2.45, 2.75) is 361 Å². The third kappa shape index (κ3) is 69.0. The van der Waals surface area contributed by atoms with Gasteiger partial charge in [0.1, 0.15) is 13.2 Å². The molecule has 0 bridgehead atoms. The van der Waals surface area contributed by atoms with E-state index < -0.39 is 6.10 Å². The Kier molecular flexibility index (Phi) is 67.7. The van der Waals surface area contributed by atoms with Crippen LogP contribution in [0.15, 0.2) is 97.2 Å². The molecule has 0 heterocycles. The smallest absolute Gasteiger partial charge is 0.306 e. The van der Waals surface area contributed by atoms with Crippen molar-refractivity contribution in [3.05, 3.63) is 97.2 Å². The van der Waals surface area contributed by atoms with Crippen molar-refractivity contribution in [3.8, 4) is 0 Å². The summed E-state index contributed by atoms with van der Waals surface area (Å²) in [6.07, 6.45) is 95.7. The van der Waals surface area contributed by atoms with Crippen LogP contribution in [0.2, 0.25) is 0 Å². The third-order valence-corrected chi connectivity index (χ3v) is 15.6. The first-order valence-electron chi connectivity index (χ1n) is 35.7. The Morgan fingerprint density at radius 2 is 0.470 bits per heavy atom. The van der Waals surface area contributed by atoms with Crippen molar-refractivity contribution in [1.29, 1.82) is 0 Å². The quantitative estimate of drug-likeness (QED) is 0.0261. The summed E-state index contributed by atoms with van der Waals surface area (Å²) >= 11 is 0. The molecule has 6 nitrogen and oxygen atoms in total. The van der Waals surface area contributed by atoms with E-state index in [2.05, 4.69) is 118 Å². The monoisotopic (exact) mass is 1160 g/mol. The van der Waals surface area contributed by atoms with Gasteiger partial charge in [-0.1, -0.05) is 330 Å². The molecule has 0 rings (SSSR count). The normalized spacial score (nSPS) is 12.7. The number of rotatable bonds is 65. The fourth-order valence-electron chi connectivity index (χ4n) is 10.2. The van der Waals surface area contributed by atoms with Gasteiger partial charge in [-0.15, -0.1) is 0 Å². The first-order valence-corrected chi connectivity index (χ1v) is 35.7. The predicted octanol–water partition coefficient (Wildman–Crippen LogP) is 24.8. The molecular formula is C77H134O6. The van der Waals surface area contributed by atoms with Gasteiger partial charge in [-0.05, 0) is 103 Å². The van der Waals surface area contributed by atoms with Crippen LogP contribution in [0.4, 0.5) is 0 Å². The molecule has 0 aromatic carbocycles. The summed E-state index contributed by atoms with van der Waals surface area (Å²) in [5.41, 5.74) is 0. The van der Waals surface area contributed by atoms with Gasteiger partial charge >= 0.3 is 17.9 Å². The number of carbonyl (C=O) groups excluding carboxylic acids is 3. The predicted molar refractivity (Wildman–Crippen MR) is 362 cm³/mol. The van der Waals surface area contributed by atoms with Crippen molar-refractivity contribution in [2.75, 3.05) is 13.2 Å². The Balaban J connectivity index is 4.38. The van der Waals surface area contributed by atoms with Crippen LogP contribution in [0.3, 0.4) is 0 Å². The molecular weight excluding hydrogens is 1020 g/mol. The topological polar surface area (TPSA) is 78.9 Å². The summed E-state index contributed by atoms with van der Waals surface area (Å²) in [6.45, 7) is 6.53. The second kappa shape index (κ2) is 70.8. The average molecular weight is 1160 g/mol. The minimum atomic E-state index is -0.797. The van der Waals surface area contributed by atoms with E-state index in [0.29, 0.717) is 19.3 Å². The van der Waals surface area contributed by atoms with Crippen LogP contribution in [0.25, 0.3) is 0 Å². The number of carbonyl (C=O) groups is 3. The van der Waals surface area contributed by atoms with Crippen LogP contribution in [-0.4, -0.2) is 37.2 Å². The summed E-state index contributed by atoms with van der Waals surface area (Å²) in [7, 11) is 0. The minimum Gasteiger partial charge on any atom is -0.462 e. The summed E-state index contributed by atoms with van der Waals surface area (Å²) < 4.78 is 17.0. The second-order valence-electron chi connectivity index (χ2n) is 23.8. The van der Waals surface area contributed by atoms with E-state index in [-0.39, 0.29) is 31.1 Å². The van der Waals surface area contributed by atoms with Crippen molar-refractivity contribution >= 4 is 17.9 Å². The molecule has 0 aromatic rings. The van der Waals surface area contributed by atoms with E-state index >= 15 is 0 Å². The fraction of sp³-hybridized carbons (Fsp3) is 0.753. The molecule has 0 amide bonds. The van der Waals surface area contributed by atoms with Gasteiger partial charge in [-0.2, -0.15) is 0 Å². The molecule has 0 aromatic heterocycles. The first kappa shape index (κ1) is 79.3. The van der Waals surface area contributed by atoms with Gasteiger partial charge in [0.05, 0.1) is 0 Å². The molecule has 0 saturated heterocycles. The van der Waals surface area contributed by atoms with E-state index in [1.165, 1.54) is 193 Å². The van der Waals surface area contributed by atoms with Crippen LogP contribution < -0.4 is 0 Å². The lowest BCUT2D eigenvalue weighted by atomic mass is 10.0. The number of hydrogen-bond donors (Lipinski definition) is 0. The zero-order valence-corrected chi connectivity index (χ0v) is 54.9. The van der Waals surface area contributed by atoms with Crippen molar-refractivity contribution in [2.24, 2.45) is 0 Å². The SMILES string of the molecule is CC/C=C\C/C=C\C/C=C\C/C=C\C/C=C\C/C=C\CCCCCCC(=O)OC(COC(=O)CCCCCCCCC/C=C\C/C=C\CCCCC)COC(=O)CCCCCCCCCCCCCCCCCCCCCCCCCCC. The summed E-state index contributed by atoms with van der Waals surface area (Å²) in [6, 6.07) is 0. The zero-order chi connectivity index (χ0) is 59.9. The second-order valence-corrected chi connectivity index (χ2v) is 23.8. The average Bonchev–Trinajstić information content (AvgIpc) is 3.49. The largest absolute Gasteiger partial charge is 0.462 e. The van der Waals surface area contributed by atoms with Gasteiger partial charge in [0, 0.05) is 19.3 Å². The van der Waals surface area contributed by atoms with Gasteiger partial charge in [-0.3, -0.25) is 14.4 Å². The molecule has 0 fully saturated rings. The molecule has 0 aliphatic heterocycles. The van der Waals surface area contributed by atoms with E-state index in [0.717, 1.165) is 122 Å². The molecule has 1 atom stereocenters. The lowest BCUT2D eigenvalue weighted by Gasteiger charge is -2.18. The highest BCUT2D eigenvalue weighted by Gasteiger charge is 2.19. The highest BCUT2D eigenvalue weighted by Crippen LogP contribution is 2.18. The Bertz CT molecular complexity index is 1610. The standard InChI is InChI=1S/C77H134O6/c1-4-7-10-13-16-19-22-25-28-31-33-35-37-38-40-41-43-46-49-52-55-58-61-64-67-70-76(79)82-73-74(72-81-75(78)69-66-63-60-57-54-51-48-45-30-27-24-21-18-15-12-9-6-3)83-77(80)71-68-65-62-59-56-53-50-47-44-42-39-36-34-32-29-26-23-20-17-14-11-8-5-2/h8,11,17-18,20-21,26-27,29-30,34,36,42,44,50,53,74H,4-7,9-10,12-16,19,22-25,28,31-33,35,37-41,43,45-49,51-52,54-73H2,1-3H3/b11-8-,20-17-,21-18-,29-26-,30-27-,36-34-,44-42-,53-50-.